The topological polar surface area (TPSA) is 88.3 Å². The Hall–Kier alpha value is -2.84. The highest BCUT2D eigenvalue weighted by Gasteiger charge is 2.24. The lowest BCUT2D eigenvalue weighted by Crippen LogP contribution is -2.43. The Morgan fingerprint density at radius 1 is 1.35 bits per heavy atom. The van der Waals surface area contributed by atoms with Crippen LogP contribution in [0.1, 0.15) is 30.8 Å². The highest BCUT2D eigenvalue weighted by atomic mass is 16.2. The maximum atomic E-state index is 12.4. The molecule has 0 aliphatic carbocycles. The molecule has 9 heteroatoms. The molecule has 1 unspecified atom stereocenters. The Morgan fingerprint density at radius 3 is 2.81 bits per heavy atom. The number of carbonyl (C=O) groups excluding carboxylic acids is 2. The van der Waals surface area contributed by atoms with E-state index in [0.717, 1.165) is 11.4 Å². The highest BCUT2D eigenvalue weighted by molar-refractivity contribution is 5.80. The summed E-state index contributed by atoms with van der Waals surface area (Å²) in [6.45, 7) is 4.14. The molecular weight excluding hydrogens is 334 g/mol. The third-order valence-corrected chi connectivity index (χ3v) is 4.48. The standard InChI is InChI=1S/C17H25N7O2/c1-4-15(24-7-5-6-19-24)16(25)18-11-13-10-14-12-22(17(26)21(2)3)8-9-23(14)20-13/h5-7,10,15H,4,8-9,11-12H2,1-3H3,(H,18,25). The molecule has 0 fully saturated rings. The molecule has 1 aliphatic rings. The maximum Gasteiger partial charge on any atom is 0.319 e. The summed E-state index contributed by atoms with van der Waals surface area (Å²) >= 11 is 0. The zero-order valence-corrected chi connectivity index (χ0v) is 15.4. The second-order valence-electron chi connectivity index (χ2n) is 6.58. The Labute approximate surface area is 152 Å². The van der Waals surface area contributed by atoms with Gasteiger partial charge < -0.3 is 15.1 Å². The van der Waals surface area contributed by atoms with E-state index in [9.17, 15) is 9.59 Å². The lowest BCUT2D eigenvalue weighted by molar-refractivity contribution is -0.124. The fourth-order valence-corrected chi connectivity index (χ4v) is 3.11. The molecule has 26 heavy (non-hydrogen) atoms. The number of urea groups is 1. The third kappa shape index (κ3) is 3.71. The van der Waals surface area contributed by atoms with Crippen LogP contribution in [0.25, 0.3) is 0 Å². The number of nitrogens with zero attached hydrogens (tertiary/aromatic N) is 6. The predicted molar refractivity (Wildman–Crippen MR) is 95.1 cm³/mol. The van der Waals surface area contributed by atoms with Crippen LogP contribution in [0.3, 0.4) is 0 Å². The van der Waals surface area contributed by atoms with Crippen molar-refractivity contribution in [2.24, 2.45) is 0 Å². The molecule has 0 saturated carbocycles. The summed E-state index contributed by atoms with van der Waals surface area (Å²) in [7, 11) is 3.50. The van der Waals surface area contributed by atoms with Gasteiger partial charge in [-0.15, -0.1) is 0 Å². The number of rotatable bonds is 5. The molecule has 9 nitrogen and oxygen atoms in total. The zero-order chi connectivity index (χ0) is 18.7. The molecule has 140 valence electrons. The van der Waals surface area contributed by atoms with E-state index >= 15 is 0 Å². The van der Waals surface area contributed by atoms with Crippen LogP contribution >= 0.6 is 0 Å². The smallest absolute Gasteiger partial charge is 0.319 e. The van der Waals surface area contributed by atoms with Gasteiger partial charge in [-0.25, -0.2) is 4.79 Å². The molecule has 3 amide bonds. The van der Waals surface area contributed by atoms with Gasteiger partial charge in [0.25, 0.3) is 0 Å². The van der Waals surface area contributed by atoms with E-state index in [4.69, 9.17) is 0 Å². The van der Waals surface area contributed by atoms with Crippen LogP contribution in [0.4, 0.5) is 4.79 Å². The number of aromatic nitrogens is 4. The third-order valence-electron chi connectivity index (χ3n) is 4.48. The Kier molecular flexibility index (Phi) is 5.24. The van der Waals surface area contributed by atoms with Gasteiger partial charge >= 0.3 is 6.03 Å². The summed E-state index contributed by atoms with van der Waals surface area (Å²) in [6, 6.07) is 3.43. The fraction of sp³-hybridized carbons (Fsp3) is 0.529. The molecule has 2 aromatic rings. The number of hydrogen-bond acceptors (Lipinski definition) is 4. The largest absolute Gasteiger partial charge is 0.349 e. The van der Waals surface area contributed by atoms with Crippen molar-refractivity contribution >= 4 is 11.9 Å². The summed E-state index contributed by atoms with van der Waals surface area (Å²) in [5, 5.41) is 11.6. The van der Waals surface area contributed by atoms with Crippen molar-refractivity contribution in [3.8, 4) is 0 Å². The Morgan fingerprint density at radius 2 is 2.15 bits per heavy atom. The van der Waals surface area contributed by atoms with Crippen molar-refractivity contribution in [1.29, 1.82) is 0 Å². The van der Waals surface area contributed by atoms with E-state index in [-0.39, 0.29) is 18.0 Å². The van der Waals surface area contributed by atoms with E-state index in [1.165, 1.54) is 0 Å². The van der Waals surface area contributed by atoms with Gasteiger partial charge in [-0.3, -0.25) is 14.2 Å². The summed E-state index contributed by atoms with van der Waals surface area (Å²) in [5.74, 6) is -0.0772. The van der Waals surface area contributed by atoms with Crippen molar-refractivity contribution in [2.45, 2.75) is 39.0 Å². The van der Waals surface area contributed by atoms with Crippen LogP contribution in [-0.4, -0.2) is 61.9 Å². The molecule has 0 spiro atoms. The summed E-state index contributed by atoms with van der Waals surface area (Å²) in [4.78, 5) is 27.9. The SMILES string of the molecule is CCC(C(=O)NCc1cc2n(n1)CCN(C(=O)N(C)C)C2)n1cccn1. The molecule has 1 atom stereocenters. The van der Waals surface area contributed by atoms with E-state index in [2.05, 4.69) is 15.5 Å². The minimum atomic E-state index is -0.324. The average molecular weight is 359 g/mol. The van der Waals surface area contributed by atoms with Crippen molar-refractivity contribution in [3.05, 3.63) is 35.9 Å². The second kappa shape index (κ2) is 7.59. The van der Waals surface area contributed by atoms with E-state index < -0.39 is 0 Å². The molecule has 1 N–H and O–H groups in total. The first-order valence-electron chi connectivity index (χ1n) is 8.78. The van der Waals surface area contributed by atoms with Gasteiger partial charge in [-0.2, -0.15) is 10.2 Å². The first-order valence-corrected chi connectivity index (χ1v) is 8.78. The van der Waals surface area contributed by atoms with Crippen LogP contribution in [0.2, 0.25) is 0 Å². The molecule has 1 aliphatic heterocycles. The number of carbonyl (C=O) groups is 2. The molecule has 0 bridgehead atoms. The summed E-state index contributed by atoms with van der Waals surface area (Å²) in [6.07, 6.45) is 4.12. The van der Waals surface area contributed by atoms with Crippen molar-refractivity contribution < 1.29 is 9.59 Å². The van der Waals surface area contributed by atoms with Gasteiger partial charge in [0.1, 0.15) is 6.04 Å². The van der Waals surface area contributed by atoms with Gasteiger partial charge in [-0.05, 0) is 18.6 Å². The zero-order valence-electron chi connectivity index (χ0n) is 15.4. The molecule has 3 rings (SSSR count). The van der Waals surface area contributed by atoms with Crippen molar-refractivity contribution in [3.63, 3.8) is 0 Å². The Balaban J connectivity index is 1.60. The fourth-order valence-electron chi connectivity index (χ4n) is 3.11. The monoisotopic (exact) mass is 359 g/mol. The number of hydrogen-bond donors (Lipinski definition) is 1. The predicted octanol–water partition coefficient (Wildman–Crippen LogP) is 0.844. The lowest BCUT2D eigenvalue weighted by Gasteiger charge is -2.29. The van der Waals surface area contributed by atoms with Crippen LogP contribution in [0, 0.1) is 0 Å². The average Bonchev–Trinajstić information content (AvgIpc) is 3.28. The lowest BCUT2D eigenvalue weighted by atomic mass is 10.2. The molecule has 0 aromatic carbocycles. The van der Waals surface area contributed by atoms with Gasteiger partial charge in [0.15, 0.2) is 0 Å². The number of nitrogens with one attached hydrogen (secondary N) is 1. The molecule has 3 heterocycles. The first kappa shape index (κ1) is 18.0. The van der Waals surface area contributed by atoms with E-state index in [0.29, 0.717) is 32.6 Å². The molecule has 0 radical (unpaired) electrons. The summed E-state index contributed by atoms with van der Waals surface area (Å²) < 4.78 is 3.57. The van der Waals surface area contributed by atoms with E-state index in [1.54, 1.807) is 47.0 Å². The molecule has 2 aromatic heterocycles. The van der Waals surface area contributed by atoms with Gasteiger partial charge in [0.2, 0.25) is 5.91 Å². The van der Waals surface area contributed by atoms with Gasteiger partial charge in [0, 0.05) is 33.0 Å². The van der Waals surface area contributed by atoms with Crippen LogP contribution in [0.5, 0.6) is 0 Å². The molecule has 0 saturated heterocycles. The summed E-state index contributed by atoms with van der Waals surface area (Å²) in [5.41, 5.74) is 1.78. The normalized spacial score (nSPS) is 14.7. The van der Waals surface area contributed by atoms with E-state index in [1.807, 2.05) is 17.7 Å². The highest BCUT2D eigenvalue weighted by Crippen LogP contribution is 2.15. The Bertz CT molecular complexity index is 766. The van der Waals surface area contributed by atoms with Crippen LogP contribution < -0.4 is 5.32 Å². The number of amides is 3. The van der Waals surface area contributed by atoms with Crippen LogP contribution in [0.15, 0.2) is 24.5 Å². The van der Waals surface area contributed by atoms with Crippen molar-refractivity contribution in [2.75, 3.05) is 20.6 Å². The minimum Gasteiger partial charge on any atom is -0.349 e. The quantitative estimate of drug-likeness (QED) is 0.857. The minimum absolute atomic E-state index is 0.00249. The van der Waals surface area contributed by atoms with Crippen LogP contribution in [-0.2, 0) is 24.4 Å². The second-order valence-corrected chi connectivity index (χ2v) is 6.58. The number of fused-ring (bicyclic) bond motifs is 1. The van der Waals surface area contributed by atoms with Gasteiger partial charge in [0.05, 0.1) is 31.0 Å². The van der Waals surface area contributed by atoms with Crippen molar-refractivity contribution in [1.82, 2.24) is 34.7 Å². The molecular formula is C17H25N7O2. The van der Waals surface area contributed by atoms with Gasteiger partial charge in [-0.1, -0.05) is 6.92 Å². The first-order chi connectivity index (χ1) is 12.5. The maximum absolute atomic E-state index is 12.4.